The Balaban J connectivity index is 2.54. The Labute approximate surface area is 83.2 Å². The van der Waals surface area contributed by atoms with Gasteiger partial charge in [-0.3, -0.25) is 0 Å². The van der Waals surface area contributed by atoms with Gasteiger partial charge in [0.15, 0.2) is 5.16 Å². The van der Waals surface area contributed by atoms with E-state index in [2.05, 4.69) is 16.5 Å². The monoisotopic (exact) mass is 200 g/mol. The van der Waals surface area contributed by atoms with Crippen LogP contribution in [0.3, 0.4) is 0 Å². The highest BCUT2D eigenvalue weighted by Gasteiger charge is 2.14. The van der Waals surface area contributed by atoms with Gasteiger partial charge in [-0.2, -0.15) is 0 Å². The minimum absolute atomic E-state index is 0.630. The first-order chi connectivity index (χ1) is 6.03. The molecule has 0 unspecified atom stereocenters. The van der Waals surface area contributed by atoms with E-state index in [1.54, 1.807) is 31.8 Å². The van der Waals surface area contributed by atoms with Crippen molar-refractivity contribution in [2.45, 2.75) is 38.1 Å². The molecule has 0 aromatic carbocycles. The summed E-state index contributed by atoms with van der Waals surface area (Å²) in [5.41, 5.74) is -0.630. The molecule has 3 nitrogen and oxygen atoms in total. The second kappa shape index (κ2) is 4.15. The van der Waals surface area contributed by atoms with Gasteiger partial charge in [-0.05, 0) is 20.8 Å². The van der Waals surface area contributed by atoms with Crippen molar-refractivity contribution < 1.29 is 5.11 Å². The number of aromatic nitrogens is 2. The van der Waals surface area contributed by atoms with Crippen LogP contribution < -0.4 is 0 Å². The Kier molecular flexibility index (Phi) is 3.39. The zero-order valence-corrected chi connectivity index (χ0v) is 9.14. The standard InChI is InChI=1S/C9H16N2OS/c1-4-11-6-5-10-8(11)13-7-9(2,3)12/h5-6,12H,4,7H2,1-3H3. The molecule has 0 saturated carbocycles. The number of aryl methyl sites for hydroxylation is 1. The summed E-state index contributed by atoms with van der Waals surface area (Å²) in [4.78, 5) is 4.20. The first kappa shape index (κ1) is 10.6. The fourth-order valence-corrected chi connectivity index (χ4v) is 1.89. The van der Waals surface area contributed by atoms with Gasteiger partial charge in [-0.25, -0.2) is 4.98 Å². The van der Waals surface area contributed by atoms with Crippen LogP contribution in [0.1, 0.15) is 20.8 Å². The van der Waals surface area contributed by atoms with Crippen LogP contribution in [0.5, 0.6) is 0 Å². The molecular weight excluding hydrogens is 184 g/mol. The number of imidazole rings is 1. The summed E-state index contributed by atoms with van der Waals surface area (Å²) in [6.45, 7) is 6.61. The Bertz CT molecular complexity index is 265. The topological polar surface area (TPSA) is 38.0 Å². The summed E-state index contributed by atoms with van der Waals surface area (Å²) in [7, 11) is 0. The lowest BCUT2D eigenvalue weighted by molar-refractivity contribution is 0.107. The van der Waals surface area contributed by atoms with Crippen molar-refractivity contribution in [2.75, 3.05) is 5.75 Å². The first-order valence-corrected chi connectivity index (χ1v) is 5.38. The molecule has 74 valence electrons. The van der Waals surface area contributed by atoms with Gasteiger partial charge in [0.1, 0.15) is 0 Å². The van der Waals surface area contributed by atoms with Crippen LogP contribution in [0.4, 0.5) is 0 Å². The van der Waals surface area contributed by atoms with E-state index in [-0.39, 0.29) is 0 Å². The lowest BCUT2D eigenvalue weighted by Gasteiger charge is -2.15. The Morgan fingerprint density at radius 3 is 2.85 bits per heavy atom. The summed E-state index contributed by atoms with van der Waals surface area (Å²) >= 11 is 1.59. The van der Waals surface area contributed by atoms with Crippen LogP contribution in [0.25, 0.3) is 0 Å². The Morgan fingerprint density at radius 2 is 2.31 bits per heavy atom. The van der Waals surface area contributed by atoms with Crippen LogP contribution in [0, 0.1) is 0 Å². The van der Waals surface area contributed by atoms with E-state index in [9.17, 15) is 5.11 Å². The number of rotatable bonds is 4. The minimum Gasteiger partial charge on any atom is -0.390 e. The van der Waals surface area contributed by atoms with E-state index < -0.39 is 5.60 Å². The van der Waals surface area contributed by atoms with Crippen LogP contribution in [0.15, 0.2) is 17.6 Å². The maximum Gasteiger partial charge on any atom is 0.168 e. The third kappa shape index (κ3) is 3.40. The van der Waals surface area contributed by atoms with Gasteiger partial charge in [-0.1, -0.05) is 11.8 Å². The number of hydrogen-bond donors (Lipinski definition) is 1. The molecule has 1 rings (SSSR count). The summed E-state index contributed by atoms with van der Waals surface area (Å²) in [5.74, 6) is 0.671. The second-order valence-electron chi connectivity index (χ2n) is 3.60. The van der Waals surface area contributed by atoms with E-state index in [4.69, 9.17) is 0 Å². The predicted octanol–water partition coefficient (Wildman–Crippen LogP) is 1.77. The SMILES string of the molecule is CCn1ccnc1SCC(C)(C)O. The maximum absolute atomic E-state index is 9.52. The quantitative estimate of drug-likeness (QED) is 0.753. The van der Waals surface area contributed by atoms with Crippen molar-refractivity contribution in [3.63, 3.8) is 0 Å². The third-order valence-electron chi connectivity index (χ3n) is 1.57. The highest BCUT2D eigenvalue weighted by Crippen LogP contribution is 2.20. The lowest BCUT2D eigenvalue weighted by Crippen LogP contribution is -2.22. The number of hydrogen-bond acceptors (Lipinski definition) is 3. The summed E-state index contributed by atoms with van der Waals surface area (Å²) in [5, 5.41) is 10.5. The molecule has 0 bridgehead atoms. The first-order valence-electron chi connectivity index (χ1n) is 4.39. The molecule has 1 N–H and O–H groups in total. The van der Waals surface area contributed by atoms with Gasteiger partial charge >= 0.3 is 0 Å². The molecule has 4 heteroatoms. The molecule has 0 radical (unpaired) electrons. The van der Waals surface area contributed by atoms with Gasteiger partial charge in [0, 0.05) is 24.7 Å². The fraction of sp³-hybridized carbons (Fsp3) is 0.667. The normalized spacial score (nSPS) is 12.0. The predicted molar refractivity (Wildman–Crippen MR) is 54.9 cm³/mol. The van der Waals surface area contributed by atoms with Crippen molar-refractivity contribution in [2.24, 2.45) is 0 Å². The highest BCUT2D eigenvalue weighted by atomic mass is 32.2. The van der Waals surface area contributed by atoms with Gasteiger partial charge in [0.05, 0.1) is 5.60 Å². The van der Waals surface area contributed by atoms with Crippen molar-refractivity contribution in [1.82, 2.24) is 9.55 Å². The lowest BCUT2D eigenvalue weighted by atomic mass is 10.2. The van der Waals surface area contributed by atoms with Gasteiger partial charge in [-0.15, -0.1) is 0 Å². The van der Waals surface area contributed by atoms with Crippen molar-refractivity contribution in [3.8, 4) is 0 Å². The average molecular weight is 200 g/mol. The summed E-state index contributed by atoms with van der Waals surface area (Å²) < 4.78 is 2.07. The maximum atomic E-state index is 9.52. The average Bonchev–Trinajstić information content (AvgIpc) is 2.46. The fourth-order valence-electron chi connectivity index (χ4n) is 0.918. The number of aliphatic hydroxyl groups is 1. The molecule has 0 fully saturated rings. The molecule has 0 aliphatic rings. The van der Waals surface area contributed by atoms with Crippen molar-refractivity contribution in [1.29, 1.82) is 0 Å². The molecule has 1 aromatic heterocycles. The van der Waals surface area contributed by atoms with E-state index in [1.807, 2.05) is 6.20 Å². The molecule has 0 saturated heterocycles. The molecule has 0 spiro atoms. The molecule has 13 heavy (non-hydrogen) atoms. The van der Waals surface area contributed by atoms with E-state index in [0.29, 0.717) is 5.75 Å². The van der Waals surface area contributed by atoms with Gasteiger partial charge in [0.25, 0.3) is 0 Å². The Hall–Kier alpha value is -0.480. The second-order valence-corrected chi connectivity index (χ2v) is 4.54. The molecular formula is C9H16N2OS. The molecule has 0 amide bonds. The van der Waals surface area contributed by atoms with Crippen molar-refractivity contribution in [3.05, 3.63) is 12.4 Å². The number of thioether (sulfide) groups is 1. The van der Waals surface area contributed by atoms with E-state index in [0.717, 1.165) is 11.7 Å². The van der Waals surface area contributed by atoms with Crippen LogP contribution >= 0.6 is 11.8 Å². The molecule has 0 aliphatic carbocycles. The Morgan fingerprint density at radius 1 is 1.62 bits per heavy atom. The van der Waals surface area contributed by atoms with Crippen LogP contribution in [0.2, 0.25) is 0 Å². The van der Waals surface area contributed by atoms with Crippen molar-refractivity contribution >= 4 is 11.8 Å². The van der Waals surface area contributed by atoms with Gasteiger partial charge in [0.2, 0.25) is 0 Å². The summed E-state index contributed by atoms with van der Waals surface area (Å²) in [6.07, 6.45) is 3.74. The molecule has 0 aliphatic heterocycles. The largest absolute Gasteiger partial charge is 0.390 e. The van der Waals surface area contributed by atoms with E-state index in [1.165, 1.54) is 0 Å². The molecule has 1 heterocycles. The number of nitrogens with zero attached hydrogens (tertiary/aromatic N) is 2. The molecule has 1 aromatic rings. The highest BCUT2D eigenvalue weighted by molar-refractivity contribution is 7.99. The minimum atomic E-state index is -0.630. The van der Waals surface area contributed by atoms with E-state index >= 15 is 0 Å². The zero-order valence-electron chi connectivity index (χ0n) is 8.32. The van der Waals surface area contributed by atoms with Gasteiger partial charge < -0.3 is 9.67 Å². The summed E-state index contributed by atoms with van der Waals surface area (Å²) in [6, 6.07) is 0. The smallest absolute Gasteiger partial charge is 0.168 e. The van der Waals surface area contributed by atoms with Crippen LogP contribution in [-0.4, -0.2) is 26.0 Å². The third-order valence-corrected chi connectivity index (χ3v) is 3.02. The molecule has 0 atom stereocenters. The van der Waals surface area contributed by atoms with Crippen LogP contribution in [-0.2, 0) is 6.54 Å². The zero-order chi connectivity index (χ0) is 9.90.